The van der Waals surface area contributed by atoms with Gasteiger partial charge >= 0.3 is 0 Å². The second kappa shape index (κ2) is 7.07. The molecular formula is C24H48N2. The molecule has 2 heteroatoms. The first-order valence-electron chi connectivity index (χ1n) is 11.1. The fraction of sp³-hybridized carbons (Fsp3) is 1.00. The minimum Gasteiger partial charge on any atom is -0.296 e. The molecule has 2 heterocycles. The van der Waals surface area contributed by atoms with Gasteiger partial charge in [-0.2, -0.15) is 0 Å². The number of hydrogen-bond donors (Lipinski definition) is 0. The second-order valence-corrected chi connectivity index (χ2v) is 12.2. The Morgan fingerprint density at radius 1 is 0.654 bits per heavy atom. The Balaban J connectivity index is 2.31. The van der Waals surface area contributed by atoms with Crippen LogP contribution in [0.25, 0.3) is 0 Å². The normalized spacial score (nSPS) is 30.0. The molecule has 0 N–H and O–H groups in total. The molecule has 2 rings (SSSR count). The molecule has 0 spiro atoms. The predicted octanol–water partition coefficient (Wildman–Crippen LogP) is 6.20. The predicted molar refractivity (Wildman–Crippen MR) is 116 cm³/mol. The summed E-state index contributed by atoms with van der Waals surface area (Å²) in [6, 6.07) is 0. The summed E-state index contributed by atoms with van der Waals surface area (Å²) in [5, 5.41) is 0. The Labute approximate surface area is 165 Å². The van der Waals surface area contributed by atoms with E-state index in [1.807, 2.05) is 0 Å². The SMILES string of the molecule is CCCC(C1CC(C)(C)N(C)C(C)(C)C1)C1CC(C)(C)N(C)C(C)(C)C1. The van der Waals surface area contributed by atoms with Gasteiger partial charge < -0.3 is 0 Å². The van der Waals surface area contributed by atoms with Crippen LogP contribution in [0, 0.1) is 17.8 Å². The summed E-state index contributed by atoms with van der Waals surface area (Å²) in [7, 11) is 4.68. The van der Waals surface area contributed by atoms with Gasteiger partial charge in [0, 0.05) is 22.2 Å². The summed E-state index contributed by atoms with van der Waals surface area (Å²) in [5.74, 6) is 2.59. The van der Waals surface area contributed by atoms with Crippen molar-refractivity contribution < 1.29 is 0 Å². The van der Waals surface area contributed by atoms with E-state index in [0.29, 0.717) is 22.2 Å². The maximum Gasteiger partial charge on any atom is 0.0158 e. The van der Waals surface area contributed by atoms with E-state index in [-0.39, 0.29) is 0 Å². The third-order valence-electron chi connectivity index (χ3n) is 8.51. The molecular weight excluding hydrogens is 316 g/mol. The monoisotopic (exact) mass is 364 g/mol. The van der Waals surface area contributed by atoms with Gasteiger partial charge in [-0.1, -0.05) is 19.8 Å². The van der Waals surface area contributed by atoms with E-state index in [2.05, 4.69) is 86.2 Å². The van der Waals surface area contributed by atoms with Crippen molar-refractivity contribution in [3.8, 4) is 0 Å². The van der Waals surface area contributed by atoms with Gasteiger partial charge in [-0.15, -0.1) is 0 Å². The Morgan fingerprint density at radius 2 is 0.923 bits per heavy atom. The van der Waals surface area contributed by atoms with E-state index in [4.69, 9.17) is 0 Å². The van der Waals surface area contributed by atoms with Gasteiger partial charge in [0.2, 0.25) is 0 Å². The number of hydrogen-bond acceptors (Lipinski definition) is 2. The van der Waals surface area contributed by atoms with Crippen molar-refractivity contribution in [2.24, 2.45) is 17.8 Å². The summed E-state index contributed by atoms with van der Waals surface area (Å²) in [4.78, 5) is 5.28. The van der Waals surface area contributed by atoms with E-state index in [0.717, 1.165) is 17.8 Å². The van der Waals surface area contributed by atoms with Gasteiger partial charge in [0.05, 0.1) is 0 Å². The highest BCUT2D eigenvalue weighted by atomic mass is 15.2. The number of likely N-dealkylation sites (tertiary alicyclic amines) is 2. The highest BCUT2D eigenvalue weighted by molar-refractivity contribution is 5.04. The molecule has 0 aliphatic carbocycles. The van der Waals surface area contributed by atoms with Gasteiger partial charge in [-0.3, -0.25) is 9.80 Å². The topological polar surface area (TPSA) is 6.48 Å². The number of rotatable bonds is 4. The molecule has 0 aromatic heterocycles. The van der Waals surface area contributed by atoms with E-state index in [9.17, 15) is 0 Å². The lowest BCUT2D eigenvalue weighted by Gasteiger charge is -2.59. The summed E-state index contributed by atoms with van der Waals surface area (Å²) in [6.45, 7) is 22.1. The van der Waals surface area contributed by atoms with Crippen molar-refractivity contribution in [2.75, 3.05) is 14.1 Å². The Hall–Kier alpha value is -0.0800. The molecule has 26 heavy (non-hydrogen) atoms. The van der Waals surface area contributed by atoms with Crippen LogP contribution in [0.15, 0.2) is 0 Å². The van der Waals surface area contributed by atoms with Crippen molar-refractivity contribution in [3.63, 3.8) is 0 Å². The molecule has 0 saturated carbocycles. The van der Waals surface area contributed by atoms with Crippen molar-refractivity contribution in [2.45, 2.75) is 123 Å². The summed E-state index contributed by atoms with van der Waals surface area (Å²) in [5.41, 5.74) is 1.20. The van der Waals surface area contributed by atoms with Crippen LogP contribution in [0.3, 0.4) is 0 Å². The van der Waals surface area contributed by atoms with Gasteiger partial charge in [0.15, 0.2) is 0 Å². The summed E-state index contributed by atoms with van der Waals surface area (Å²) in [6.07, 6.45) is 8.14. The van der Waals surface area contributed by atoms with Crippen molar-refractivity contribution >= 4 is 0 Å². The van der Waals surface area contributed by atoms with Gasteiger partial charge in [0.25, 0.3) is 0 Å². The van der Waals surface area contributed by atoms with E-state index >= 15 is 0 Å². The third-order valence-corrected chi connectivity index (χ3v) is 8.51. The molecule has 154 valence electrons. The lowest BCUT2D eigenvalue weighted by molar-refractivity contribution is -0.0842. The molecule has 0 bridgehead atoms. The van der Waals surface area contributed by atoms with Gasteiger partial charge in [0.1, 0.15) is 0 Å². The highest BCUT2D eigenvalue weighted by Gasteiger charge is 2.50. The molecule has 0 radical (unpaired) electrons. The number of nitrogens with zero attached hydrogens (tertiary/aromatic N) is 2. The van der Waals surface area contributed by atoms with Crippen LogP contribution < -0.4 is 0 Å². The zero-order valence-electron chi connectivity index (χ0n) is 19.9. The first kappa shape index (κ1) is 22.2. The van der Waals surface area contributed by atoms with Crippen LogP contribution in [-0.2, 0) is 0 Å². The lowest BCUT2D eigenvalue weighted by atomic mass is 9.60. The van der Waals surface area contributed by atoms with Crippen LogP contribution in [0.5, 0.6) is 0 Å². The first-order valence-corrected chi connectivity index (χ1v) is 11.1. The van der Waals surface area contributed by atoms with E-state index in [1.54, 1.807) is 0 Å². The molecule has 2 saturated heterocycles. The molecule has 0 aromatic carbocycles. The Bertz CT molecular complexity index is 410. The molecule has 0 unspecified atom stereocenters. The molecule has 2 aliphatic rings. The Kier molecular flexibility index (Phi) is 6.04. The van der Waals surface area contributed by atoms with Crippen molar-refractivity contribution in [1.29, 1.82) is 0 Å². The lowest BCUT2D eigenvalue weighted by Crippen LogP contribution is -2.62. The summed E-state index contributed by atoms with van der Waals surface area (Å²) >= 11 is 0. The standard InChI is InChI=1S/C24H48N2/c1-12-13-20(18-14-21(2,3)25(10)22(4,5)15-18)19-16-23(6,7)26(11)24(8,9)17-19/h18-20H,12-17H2,1-11H3. The van der Waals surface area contributed by atoms with Crippen LogP contribution >= 0.6 is 0 Å². The van der Waals surface area contributed by atoms with Crippen molar-refractivity contribution in [1.82, 2.24) is 9.80 Å². The smallest absolute Gasteiger partial charge is 0.0158 e. The van der Waals surface area contributed by atoms with E-state index in [1.165, 1.54) is 38.5 Å². The maximum absolute atomic E-state index is 2.64. The molecule has 0 atom stereocenters. The molecule has 0 amide bonds. The van der Waals surface area contributed by atoms with Gasteiger partial charge in [-0.05, 0) is 113 Å². The highest BCUT2D eigenvalue weighted by Crippen LogP contribution is 2.51. The summed E-state index contributed by atoms with van der Waals surface area (Å²) < 4.78 is 0. The van der Waals surface area contributed by atoms with Crippen LogP contribution in [-0.4, -0.2) is 46.1 Å². The van der Waals surface area contributed by atoms with E-state index < -0.39 is 0 Å². The van der Waals surface area contributed by atoms with Crippen LogP contribution in [0.4, 0.5) is 0 Å². The minimum atomic E-state index is 0.300. The maximum atomic E-state index is 2.64. The molecule has 2 nitrogen and oxygen atoms in total. The van der Waals surface area contributed by atoms with Crippen molar-refractivity contribution in [3.05, 3.63) is 0 Å². The fourth-order valence-electron chi connectivity index (χ4n) is 6.69. The average molecular weight is 365 g/mol. The molecule has 0 aromatic rings. The molecule has 2 aliphatic heterocycles. The zero-order valence-corrected chi connectivity index (χ0v) is 19.9. The van der Waals surface area contributed by atoms with Crippen LogP contribution in [0.2, 0.25) is 0 Å². The average Bonchev–Trinajstić information content (AvgIpc) is 2.46. The second-order valence-electron chi connectivity index (χ2n) is 12.2. The third kappa shape index (κ3) is 4.17. The number of piperidine rings is 2. The largest absolute Gasteiger partial charge is 0.296 e. The quantitative estimate of drug-likeness (QED) is 0.586. The zero-order chi connectivity index (χ0) is 20.1. The molecule has 2 fully saturated rings. The Morgan fingerprint density at radius 3 is 1.15 bits per heavy atom. The minimum absolute atomic E-state index is 0.300. The van der Waals surface area contributed by atoms with Gasteiger partial charge in [-0.25, -0.2) is 0 Å². The van der Waals surface area contributed by atoms with Crippen LogP contribution in [0.1, 0.15) is 101 Å². The fourth-order valence-corrected chi connectivity index (χ4v) is 6.69. The first-order chi connectivity index (χ1) is 11.6.